The molecule has 38 heavy (non-hydrogen) atoms. The van der Waals surface area contributed by atoms with Crippen LogP contribution in [0.2, 0.25) is 5.02 Å². The second kappa shape index (κ2) is 10.6. The highest BCUT2D eigenvalue weighted by molar-refractivity contribution is 8.27. The van der Waals surface area contributed by atoms with E-state index in [2.05, 4.69) is 0 Å². The first-order valence-corrected chi connectivity index (χ1v) is 11.9. The summed E-state index contributed by atoms with van der Waals surface area (Å²) in [5.74, 6) is -1.46. The molecule has 4 rings (SSSR count). The number of carbonyl (C=O) groups excluding carboxylic acids is 1. The first kappa shape index (κ1) is 27.4. The highest BCUT2D eigenvalue weighted by Gasteiger charge is 2.35. The number of benzene rings is 3. The molecule has 0 bridgehead atoms. The molecule has 7 nitrogen and oxygen atoms in total. The van der Waals surface area contributed by atoms with E-state index < -0.39 is 39.8 Å². The number of rotatable bonds is 6. The van der Waals surface area contributed by atoms with Gasteiger partial charge in [0.1, 0.15) is 5.82 Å². The Morgan fingerprint density at radius 1 is 1.08 bits per heavy atom. The van der Waals surface area contributed by atoms with Gasteiger partial charge in [-0.05, 0) is 54.1 Å². The molecule has 1 heterocycles. The number of ether oxygens (including phenoxy) is 2. The van der Waals surface area contributed by atoms with Crippen molar-refractivity contribution in [3.63, 3.8) is 0 Å². The fraction of sp³-hybridized carbons (Fsp3) is 0.0833. The summed E-state index contributed by atoms with van der Waals surface area (Å²) in [7, 11) is 1.30. The number of hydrogen-bond acceptors (Lipinski definition) is 7. The molecule has 0 N–H and O–H groups in total. The number of nitro groups is 1. The van der Waals surface area contributed by atoms with Gasteiger partial charge in [0.2, 0.25) is 5.75 Å². The Bertz CT molecular complexity index is 1510. The van der Waals surface area contributed by atoms with Gasteiger partial charge < -0.3 is 9.47 Å². The number of hydrogen-bond donors (Lipinski definition) is 0. The van der Waals surface area contributed by atoms with Crippen molar-refractivity contribution in [2.45, 2.75) is 6.18 Å². The van der Waals surface area contributed by atoms with Gasteiger partial charge in [0, 0.05) is 6.07 Å². The number of methoxy groups -OCH3 is 1. The van der Waals surface area contributed by atoms with E-state index in [1.807, 2.05) is 0 Å². The Morgan fingerprint density at radius 3 is 2.42 bits per heavy atom. The van der Waals surface area contributed by atoms with E-state index in [-0.39, 0.29) is 25.7 Å². The van der Waals surface area contributed by atoms with E-state index in [9.17, 15) is 32.5 Å². The number of thioether (sulfide) groups is 1. The largest absolute Gasteiger partial charge is 0.493 e. The number of nitrogens with zero attached hydrogens (tertiary/aromatic N) is 2. The van der Waals surface area contributed by atoms with Gasteiger partial charge in [-0.3, -0.25) is 19.8 Å². The van der Waals surface area contributed by atoms with Crippen molar-refractivity contribution < 1.29 is 36.8 Å². The van der Waals surface area contributed by atoms with Crippen LogP contribution in [0.3, 0.4) is 0 Å². The molecule has 196 valence electrons. The molecule has 3 aromatic carbocycles. The van der Waals surface area contributed by atoms with Crippen molar-refractivity contribution in [2.24, 2.45) is 0 Å². The van der Waals surface area contributed by atoms with Crippen LogP contribution in [0.4, 0.5) is 28.9 Å². The second-order valence-electron chi connectivity index (χ2n) is 7.57. The molecular formula is C24H13ClF4N2O5S2. The summed E-state index contributed by atoms with van der Waals surface area (Å²) in [6, 6.07) is 10.0. The van der Waals surface area contributed by atoms with Crippen molar-refractivity contribution >= 4 is 63.3 Å². The van der Waals surface area contributed by atoms with E-state index in [4.69, 9.17) is 33.3 Å². The summed E-state index contributed by atoms with van der Waals surface area (Å²) < 4.78 is 63.5. The smallest absolute Gasteiger partial charge is 0.416 e. The average Bonchev–Trinajstić information content (AvgIpc) is 3.13. The third-order valence-corrected chi connectivity index (χ3v) is 6.74. The zero-order valence-electron chi connectivity index (χ0n) is 18.9. The predicted octanol–water partition coefficient (Wildman–Crippen LogP) is 7.61. The summed E-state index contributed by atoms with van der Waals surface area (Å²) in [4.78, 5) is 24.8. The zero-order valence-corrected chi connectivity index (χ0v) is 21.3. The Labute approximate surface area is 226 Å². The summed E-state index contributed by atoms with van der Waals surface area (Å²) in [6.07, 6.45) is -3.26. The number of anilines is 1. The highest BCUT2D eigenvalue weighted by Crippen LogP contribution is 2.41. The van der Waals surface area contributed by atoms with Gasteiger partial charge in [-0.15, -0.1) is 0 Å². The fourth-order valence-electron chi connectivity index (χ4n) is 3.37. The first-order valence-electron chi connectivity index (χ1n) is 10.3. The topological polar surface area (TPSA) is 81.9 Å². The lowest BCUT2D eigenvalue weighted by atomic mass is 10.1. The summed E-state index contributed by atoms with van der Waals surface area (Å²) in [6.45, 7) is 0. The SMILES string of the molecule is COc1cc(/C=C2/SC(=S)N(c3ccc(F)c(Cl)c3)C2=O)ccc1Oc1ccc(C(F)(F)F)cc1[N+](=O)[O-]. The molecule has 1 fully saturated rings. The van der Waals surface area contributed by atoms with Crippen LogP contribution in [0.25, 0.3) is 6.08 Å². The van der Waals surface area contributed by atoms with Gasteiger partial charge in [0.05, 0.1) is 33.2 Å². The van der Waals surface area contributed by atoms with Crippen molar-refractivity contribution in [2.75, 3.05) is 12.0 Å². The average molecular weight is 585 g/mol. The normalized spacial score (nSPS) is 14.8. The van der Waals surface area contributed by atoms with Crippen LogP contribution in [-0.2, 0) is 11.0 Å². The number of nitro benzene ring substituents is 1. The Kier molecular flexibility index (Phi) is 7.63. The van der Waals surface area contributed by atoms with Crippen molar-refractivity contribution in [3.8, 4) is 17.2 Å². The molecule has 0 unspecified atom stereocenters. The van der Waals surface area contributed by atoms with E-state index in [0.29, 0.717) is 23.4 Å². The number of thiocarbonyl (C=S) groups is 1. The third kappa shape index (κ3) is 5.59. The van der Waals surface area contributed by atoms with Gasteiger partial charge in [-0.1, -0.05) is 41.6 Å². The molecule has 1 aliphatic heterocycles. The quantitative estimate of drug-likeness (QED) is 0.0969. The van der Waals surface area contributed by atoms with Crippen LogP contribution in [-0.4, -0.2) is 22.3 Å². The van der Waals surface area contributed by atoms with Crippen molar-refractivity contribution in [1.29, 1.82) is 0 Å². The summed E-state index contributed by atoms with van der Waals surface area (Å²) in [5.41, 5.74) is -1.31. The van der Waals surface area contributed by atoms with Crippen LogP contribution in [0.1, 0.15) is 11.1 Å². The number of halogens is 5. The standard InChI is InChI=1S/C24H13ClF4N2O5S2/c1-35-20-8-12(9-21-22(32)30(23(37)38-21)14-4-5-16(26)15(25)11-14)2-6-19(20)36-18-7-3-13(24(27,28)29)10-17(18)31(33)34/h2-11H,1H3/b21-9+. The first-order chi connectivity index (χ1) is 17.9. The highest BCUT2D eigenvalue weighted by atomic mass is 35.5. The molecule has 0 spiro atoms. The monoisotopic (exact) mass is 584 g/mol. The van der Waals surface area contributed by atoms with E-state index in [1.165, 1.54) is 48.4 Å². The van der Waals surface area contributed by atoms with Crippen LogP contribution in [0.15, 0.2) is 59.5 Å². The maximum atomic E-state index is 13.5. The molecule has 3 aromatic rings. The van der Waals surface area contributed by atoms with Crippen molar-refractivity contribution in [1.82, 2.24) is 0 Å². The third-order valence-electron chi connectivity index (χ3n) is 5.14. The van der Waals surface area contributed by atoms with Crippen LogP contribution in [0, 0.1) is 15.9 Å². The molecule has 1 aliphatic rings. The molecule has 1 amide bonds. The number of amides is 1. The zero-order chi connectivity index (χ0) is 27.8. The molecule has 1 saturated heterocycles. The minimum absolute atomic E-state index is 0.0130. The maximum absolute atomic E-state index is 13.5. The summed E-state index contributed by atoms with van der Waals surface area (Å²) in [5, 5.41) is 11.2. The molecule has 14 heteroatoms. The lowest BCUT2D eigenvalue weighted by Crippen LogP contribution is -2.27. The van der Waals surface area contributed by atoms with Gasteiger partial charge in [0.15, 0.2) is 15.8 Å². The number of alkyl halides is 3. The Balaban J connectivity index is 1.62. The Hall–Kier alpha value is -3.68. The van der Waals surface area contributed by atoms with E-state index >= 15 is 0 Å². The van der Waals surface area contributed by atoms with Gasteiger partial charge in [-0.2, -0.15) is 13.2 Å². The molecule has 0 aromatic heterocycles. The minimum atomic E-state index is -4.77. The maximum Gasteiger partial charge on any atom is 0.416 e. The fourth-order valence-corrected chi connectivity index (χ4v) is 4.84. The molecule has 0 radical (unpaired) electrons. The lowest BCUT2D eigenvalue weighted by molar-refractivity contribution is -0.385. The lowest BCUT2D eigenvalue weighted by Gasteiger charge is -2.14. The molecular weight excluding hydrogens is 572 g/mol. The van der Waals surface area contributed by atoms with E-state index in [0.717, 1.165) is 23.9 Å². The minimum Gasteiger partial charge on any atom is -0.493 e. The second-order valence-corrected chi connectivity index (χ2v) is 9.65. The van der Waals surface area contributed by atoms with Crippen LogP contribution in [0.5, 0.6) is 17.2 Å². The van der Waals surface area contributed by atoms with Gasteiger partial charge >= 0.3 is 11.9 Å². The van der Waals surface area contributed by atoms with Crippen LogP contribution >= 0.6 is 35.6 Å². The summed E-state index contributed by atoms with van der Waals surface area (Å²) >= 11 is 12.1. The molecule has 0 aliphatic carbocycles. The number of carbonyl (C=O) groups is 1. The molecule has 0 saturated carbocycles. The van der Waals surface area contributed by atoms with Crippen molar-refractivity contribution in [3.05, 3.63) is 91.6 Å². The van der Waals surface area contributed by atoms with Gasteiger partial charge in [0.25, 0.3) is 5.91 Å². The van der Waals surface area contributed by atoms with Gasteiger partial charge in [-0.25, -0.2) is 4.39 Å². The van der Waals surface area contributed by atoms with E-state index in [1.54, 1.807) is 0 Å². The van der Waals surface area contributed by atoms with Crippen LogP contribution < -0.4 is 14.4 Å². The predicted molar refractivity (Wildman–Crippen MR) is 138 cm³/mol. The Morgan fingerprint density at radius 2 is 1.79 bits per heavy atom. The molecule has 0 atom stereocenters.